The number of benzene rings is 1. The van der Waals surface area contributed by atoms with E-state index in [1.54, 1.807) is 0 Å². The Labute approximate surface area is 178 Å². The quantitative estimate of drug-likeness (QED) is 0.279. The number of fused-ring (bicyclic) bond motifs is 5. The van der Waals surface area contributed by atoms with Crippen LogP contribution in [0.4, 0.5) is 13.2 Å². The normalized spacial score (nSPS) is 16.3. The lowest BCUT2D eigenvalue weighted by Gasteiger charge is -2.26. The second kappa shape index (κ2) is 7.24. The number of hydrogen-bond donors (Lipinski definition) is 4. The number of halogens is 3. The molecule has 3 aromatic heterocycles. The molecule has 1 amide bonds. The van der Waals surface area contributed by atoms with Gasteiger partial charge in [0.25, 0.3) is 5.91 Å². The Bertz CT molecular complexity index is 1370. The summed E-state index contributed by atoms with van der Waals surface area (Å²) in [5.74, 6) is -0.817. The van der Waals surface area contributed by atoms with Crippen molar-refractivity contribution in [3.8, 4) is 11.3 Å². The highest BCUT2D eigenvalue weighted by Crippen LogP contribution is 2.43. The van der Waals surface area contributed by atoms with Gasteiger partial charge in [-0.05, 0) is 42.2 Å². The minimum atomic E-state index is -4.65. The number of H-pyrrole nitrogens is 1. The van der Waals surface area contributed by atoms with Crippen LogP contribution in [0.1, 0.15) is 33.6 Å². The van der Waals surface area contributed by atoms with Crippen molar-refractivity contribution in [1.82, 2.24) is 25.6 Å². The van der Waals surface area contributed by atoms with Crippen molar-refractivity contribution < 1.29 is 28.3 Å². The number of hydrogen-bond acceptors (Lipinski definition) is 6. The highest BCUT2D eigenvalue weighted by molar-refractivity contribution is 6.09. The van der Waals surface area contributed by atoms with Crippen LogP contribution in [0.5, 0.6) is 0 Å². The summed E-state index contributed by atoms with van der Waals surface area (Å²) in [5.41, 5.74) is 2.57. The molecule has 1 aliphatic rings. The Balaban J connectivity index is 1.85. The summed E-state index contributed by atoms with van der Waals surface area (Å²) in [5, 5.41) is 26.5. The van der Waals surface area contributed by atoms with Crippen LogP contribution in [0.15, 0.2) is 30.6 Å². The molecule has 0 saturated heterocycles. The molecule has 0 aliphatic heterocycles. The van der Waals surface area contributed by atoms with Crippen LogP contribution < -0.4 is 5.48 Å². The predicted octanol–water partition coefficient (Wildman–Crippen LogP) is 3.16. The largest absolute Gasteiger partial charge is 0.418 e. The lowest BCUT2D eigenvalue weighted by molar-refractivity contribution is -0.136. The molecule has 4 aromatic rings. The van der Waals surface area contributed by atoms with Gasteiger partial charge in [-0.15, -0.1) is 0 Å². The van der Waals surface area contributed by atoms with E-state index in [1.807, 2.05) is 0 Å². The number of carbonyl (C=O) groups is 1. The summed E-state index contributed by atoms with van der Waals surface area (Å²) < 4.78 is 41.9. The zero-order valence-corrected chi connectivity index (χ0v) is 16.4. The van der Waals surface area contributed by atoms with E-state index < -0.39 is 23.8 Å². The molecule has 4 N–H and O–H groups in total. The Morgan fingerprint density at radius 1 is 1.22 bits per heavy atom. The van der Waals surface area contributed by atoms with Crippen LogP contribution in [0.2, 0.25) is 0 Å². The molecule has 1 aromatic carbocycles. The van der Waals surface area contributed by atoms with E-state index in [9.17, 15) is 23.1 Å². The van der Waals surface area contributed by atoms with Crippen molar-refractivity contribution in [3.05, 3.63) is 53.0 Å². The van der Waals surface area contributed by atoms with Crippen molar-refractivity contribution in [2.45, 2.75) is 31.5 Å². The van der Waals surface area contributed by atoms with Gasteiger partial charge in [-0.25, -0.2) is 10.5 Å². The second-order valence-electron chi connectivity index (χ2n) is 7.66. The summed E-state index contributed by atoms with van der Waals surface area (Å²) in [6.07, 6.45) is -1.50. The summed E-state index contributed by atoms with van der Waals surface area (Å²) >= 11 is 0. The molecular formula is C21H16F3N5O3. The van der Waals surface area contributed by atoms with E-state index in [2.05, 4.69) is 20.2 Å². The Morgan fingerprint density at radius 3 is 2.72 bits per heavy atom. The van der Waals surface area contributed by atoms with Crippen molar-refractivity contribution in [1.29, 1.82) is 0 Å². The molecule has 8 nitrogen and oxygen atoms in total. The maximum atomic E-state index is 14.0. The fraction of sp³-hybridized carbons (Fsp3) is 0.238. The topological polar surface area (TPSA) is 124 Å². The smallest absolute Gasteiger partial charge is 0.393 e. The second-order valence-corrected chi connectivity index (χ2v) is 7.66. The highest BCUT2D eigenvalue weighted by Gasteiger charge is 2.36. The van der Waals surface area contributed by atoms with Crippen LogP contribution in [-0.4, -0.2) is 42.5 Å². The first-order valence-electron chi connectivity index (χ1n) is 9.75. The number of amides is 1. The summed E-state index contributed by atoms with van der Waals surface area (Å²) in [7, 11) is 0. The lowest BCUT2D eigenvalue weighted by Crippen LogP contribution is -2.21. The Hall–Kier alpha value is -3.57. The number of nitrogens with one attached hydrogen (secondary N) is 2. The fourth-order valence-electron chi connectivity index (χ4n) is 4.30. The first-order valence-corrected chi connectivity index (χ1v) is 9.75. The van der Waals surface area contributed by atoms with Gasteiger partial charge in [-0.1, -0.05) is 0 Å². The third-order valence-electron chi connectivity index (χ3n) is 5.74. The average molecular weight is 443 g/mol. The van der Waals surface area contributed by atoms with Crippen molar-refractivity contribution in [2.24, 2.45) is 0 Å². The highest BCUT2D eigenvalue weighted by atomic mass is 19.4. The van der Waals surface area contributed by atoms with E-state index >= 15 is 0 Å². The average Bonchev–Trinajstić information content (AvgIpc) is 3.25. The Kier molecular flexibility index (Phi) is 4.60. The number of pyridine rings is 2. The number of aliphatic hydroxyl groups is 1. The number of hydroxylamine groups is 1. The summed E-state index contributed by atoms with van der Waals surface area (Å²) in [4.78, 5) is 20.0. The number of nitrogens with zero attached hydrogens (tertiary/aromatic N) is 3. The molecule has 0 bridgehead atoms. The van der Waals surface area contributed by atoms with Crippen LogP contribution in [0.25, 0.3) is 33.1 Å². The minimum Gasteiger partial charge on any atom is -0.393 e. The Morgan fingerprint density at radius 2 is 2.03 bits per heavy atom. The number of alkyl halides is 3. The number of rotatable bonds is 2. The molecule has 164 valence electrons. The molecule has 1 aliphatic carbocycles. The first kappa shape index (κ1) is 20.3. The molecule has 32 heavy (non-hydrogen) atoms. The molecule has 3 heterocycles. The van der Waals surface area contributed by atoms with Crippen molar-refractivity contribution >= 4 is 27.7 Å². The van der Waals surface area contributed by atoms with E-state index in [1.165, 1.54) is 30.0 Å². The lowest BCUT2D eigenvalue weighted by atomic mass is 9.83. The monoisotopic (exact) mass is 443 g/mol. The number of aliphatic hydroxyl groups excluding tert-OH is 1. The third-order valence-corrected chi connectivity index (χ3v) is 5.74. The van der Waals surface area contributed by atoms with Crippen LogP contribution in [-0.2, 0) is 19.0 Å². The molecular weight excluding hydrogens is 427 g/mol. The SMILES string of the molecule is O=C(NO)c1ccc(-c2nc3c(C(F)(F)F)cc4[nH]ncc4c3c3c2CC(O)CC3)cn1. The van der Waals surface area contributed by atoms with Crippen LogP contribution in [0.3, 0.4) is 0 Å². The first-order chi connectivity index (χ1) is 15.3. The van der Waals surface area contributed by atoms with Gasteiger partial charge in [0.05, 0.1) is 34.6 Å². The molecule has 11 heteroatoms. The molecule has 0 spiro atoms. The summed E-state index contributed by atoms with van der Waals surface area (Å²) in [6, 6.07) is 3.83. The zero-order valence-electron chi connectivity index (χ0n) is 16.4. The molecule has 5 rings (SSSR count). The minimum absolute atomic E-state index is 0.0676. The third kappa shape index (κ3) is 3.17. The van der Waals surface area contributed by atoms with Gasteiger partial charge in [-0.3, -0.25) is 20.1 Å². The van der Waals surface area contributed by atoms with Gasteiger partial charge in [0.2, 0.25) is 0 Å². The fourth-order valence-corrected chi connectivity index (χ4v) is 4.30. The molecule has 0 saturated carbocycles. The maximum Gasteiger partial charge on any atom is 0.418 e. The zero-order chi connectivity index (χ0) is 22.6. The summed E-state index contributed by atoms with van der Waals surface area (Å²) in [6.45, 7) is 0. The number of carbonyl (C=O) groups excluding carboxylic acids is 1. The molecule has 1 atom stereocenters. The van der Waals surface area contributed by atoms with E-state index in [4.69, 9.17) is 5.21 Å². The maximum absolute atomic E-state index is 14.0. The number of aromatic amines is 1. The van der Waals surface area contributed by atoms with Crippen molar-refractivity contribution in [3.63, 3.8) is 0 Å². The van der Waals surface area contributed by atoms with E-state index in [0.29, 0.717) is 40.3 Å². The molecule has 1 unspecified atom stereocenters. The number of aromatic nitrogens is 4. The van der Waals surface area contributed by atoms with E-state index in [0.717, 1.165) is 6.07 Å². The van der Waals surface area contributed by atoms with E-state index in [-0.39, 0.29) is 28.8 Å². The number of aryl methyl sites for hydroxylation is 1. The molecule has 0 fully saturated rings. The van der Waals surface area contributed by atoms with Gasteiger partial charge >= 0.3 is 6.18 Å². The predicted molar refractivity (Wildman–Crippen MR) is 107 cm³/mol. The van der Waals surface area contributed by atoms with Gasteiger partial charge < -0.3 is 5.11 Å². The van der Waals surface area contributed by atoms with Gasteiger partial charge in [0.15, 0.2) is 0 Å². The standard InChI is InChI=1S/C21H16F3N5O3/c22-21(23,24)14-6-16-13(8-26-28-16)17-11-3-2-10(30)5-12(11)18(27-19(14)17)9-1-4-15(25-7-9)20(31)29-32/h1,4,6-8,10,30,32H,2-3,5H2,(H,26,28)(H,29,31). The van der Waals surface area contributed by atoms with Crippen LogP contribution in [0, 0.1) is 0 Å². The van der Waals surface area contributed by atoms with Gasteiger partial charge in [-0.2, -0.15) is 18.3 Å². The van der Waals surface area contributed by atoms with Crippen molar-refractivity contribution in [2.75, 3.05) is 0 Å². The van der Waals surface area contributed by atoms with Crippen LogP contribution >= 0.6 is 0 Å². The van der Waals surface area contributed by atoms with Gasteiger partial charge in [0.1, 0.15) is 5.69 Å². The molecule has 0 radical (unpaired) electrons. The van der Waals surface area contributed by atoms with Gasteiger partial charge in [0, 0.05) is 29.0 Å².